The van der Waals surface area contributed by atoms with E-state index in [-0.39, 0.29) is 5.56 Å². The fraction of sp³-hybridized carbons (Fsp3) is 0.182. The van der Waals surface area contributed by atoms with Crippen LogP contribution in [0.3, 0.4) is 0 Å². The van der Waals surface area contributed by atoms with Crippen molar-refractivity contribution in [2.45, 2.75) is 6.92 Å². The monoisotopic (exact) mass is 247 g/mol. The fourth-order valence-corrected chi connectivity index (χ4v) is 2.67. The third kappa shape index (κ3) is 1.57. The lowest BCUT2D eigenvalue weighted by molar-refractivity contribution is 0.534. The van der Waals surface area contributed by atoms with Crippen molar-refractivity contribution < 1.29 is 4.42 Å². The van der Waals surface area contributed by atoms with Gasteiger partial charge in [-0.3, -0.25) is 4.79 Å². The van der Waals surface area contributed by atoms with E-state index in [0.29, 0.717) is 16.5 Å². The molecule has 0 aliphatic carbocycles. The molecule has 3 heterocycles. The molecule has 0 saturated heterocycles. The number of pyridine rings is 1. The molecular weight excluding hydrogens is 238 g/mol. The van der Waals surface area contributed by atoms with Gasteiger partial charge in [0.1, 0.15) is 4.70 Å². The molecule has 0 aliphatic heterocycles. The van der Waals surface area contributed by atoms with Gasteiger partial charge in [-0.15, -0.1) is 21.5 Å². The van der Waals surface area contributed by atoms with Crippen LogP contribution in [0.15, 0.2) is 27.5 Å². The largest absolute Gasteiger partial charge is 0.420 e. The maximum absolute atomic E-state index is 11.9. The van der Waals surface area contributed by atoms with Gasteiger partial charge < -0.3 is 8.98 Å². The van der Waals surface area contributed by atoms with Crippen molar-refractivity contribution in [3.63, 3.8) is 0 Å². The van der Waals surface area contributed by atoms with Gasteiger partial charge in [-0.25, -0.2) is 0 Å². The van der Waals surface area contributed by atoms with Crippen LogP contribution in [0.4, 0.5) is 0 Å². The molecule has 6 heteroatoms. The first-order valence-electron chi connectivity index (χ1n) is 5.05. The Morgan fingerprint density at radius 3 is 2.94 bits per heavy atom. The third-order valence-electron chi connectivity index (χ3n) is 2.49. The van der Waals surface area contributed by atoms with Gasteiger partial charge in [-0.2, -0.15) is 0 Å². The first-order chi connectivity index (χ1) is 8.15. The zero-order chi connectivity index (χ0) is 12.0. The Hall–Kier alpha value is -1.95. The molecule has 0 spiro atoms. The minimum atomic E-state index is -0.00464. The van der Waals surface area contributed by atoms with Gasteiger partial charge >= 0.3 is 0 Å². The SMILES string of the molecule is Cc1nnc(-c2cc3ccn(C)c(=O)c3s2)o1. The van der Waals surface area contributed by atoms with Crippen molar-refractivity contribution in [2.75, 3.05) is 0 Å². The number of hydrogen-bond acceptors (Lipinski definition) is 5. The van der Waals surface area contributed by atoms with E-state index in [1.165, 1.54) is 11.3 Å². The Morgan fingerprint density at radius 2 is 2.24 bits per heavy atom. The van der Waals surface area contributed by atoms with Gasteiger partial charge in [0.2, 0.25) is 5.89 Å². The zero-order valence-corrected chi connectivity index (χ0v) is 10.1. The van der Waals surface area contributed by atoms with E-state index in [1.54, 1.807) is 24.7 Å². The highest BCUT2D eigenvalue weighted by molar-refractivity contribution is 7.22. The van der Waals surface area contributed by atoms with Gasteiger partial charge in [0, 0.05) is 25.6 Å². The van der Waals surface area contributed by atoms with Crippen LogP contribution in [-0.2, 0) is 7.05 Å². The summed E-state index contributed by atoms with van der Waals surface area (Å²) in [7, 11) is 1.73. The van der Waals surface area contributed by atoms with Crippen LogP contribution in [0.5, 0.6) is 0 Å². The molecule has 3 rings (SSSR count). The standard InChI is InChI=1S/C11H9N3O2S/c1-6-12-13-10(16-6)8-5-7-3-4-14(2)11(15)9(7)17-8/h3-5H,1-2H3. The number of thiophene rings is 1. The van der Waals surface area contributed by atoms with E-state index in [1.807, 2.05) is 12.1 Å². The Morgan fingerprint density at radius 1 is 1.41 bits per heavy atom. The van der Waals surface area contributed by atoms with Gasteiger partial charge in [0.05, 0.1) is 4.88 Å². The summed E-state index contributed by atoms with van der Waals surface area (Å²) in [6, 6.07) is 3.80. The summed E-state index contributed by atoms with van der Waals surface area (Å²) in [5.74, 6) is 0.983. The minimum absolute atomic E-state index is 0.00464. The second-order valence-corrected chi connectivity index (χ2v) is 4.81. The first-order valence-corrected chi connectivity index (χ1v) is 5.86. The van der Waals surface area contributed by atoms with Gasteiger partial charge in [0.15, 0.2) is 0 Å². The summed E-state index contributed by atoms with van der Waals surface area (Å²) in [4.78, 5) is 12.7. The van der Waals surface area contributed by atoms with Crippen LogP contribution in [-0.4, -0.2) is 14.8 Å². The highest BCUT2D eigenvalue weighted by Crippen LogP contribution is 2.30. The molecule has 0 saturated carbocycles. The summed E-state index contributed by atoms with van der Waals surface area (Å²) in [5, 5.41) is 8.63. The summed E-state index contributed by atoms with van der Waals surface area (Å²) in [6.45, 7) is 1.74. The van der Waals surface area contributed by atoms with Crippen molar-refractivity contribution in [2.24, 2.45) is 7.05 Å². The quantitative estimate of drug-likeness (QED) is 0.659. The molecule has 0 fully saturated rings. The van der Waals surface area contributed by atoms with Crippen LogP contribution in [0.2, 0.25) is 0 Å². The van der Waals surface area contributed by atoms with Crippen LogP contribution >= 0.6 is 11.3 Å². The summed E-state index contributed by atoms with van der Waals surface area (Å²) >= 11 is 1.37. The second kappa shape index (κ2) is 3.53. The Labute approximate surface area is 100 Å². The lowest BCUT2D eigenvalue weighted by atomic mass is 10.3. The fourth-order valence-electron chi connectivity index (χ4n) is 1.62. The predicted octanol–water partition coefficient (Wildman–Crippen LogP) is 1.96. The Bertz CT molecular complexity index is 754. The molecule has 86 valence electrons. The van der Waals surface area contributed by atoms with Crippen molar-refractivity contribution in [1.82, 2.24) is 14.8 Å². The summed E-state index contributed by atoms with van der Waals surface area (Å²) < 4.78 is 7.61. The van der Waals surface area contributed by atoms with E-state index in [4.69, 9.17) is 4.42 Å². The number of aromatic nitrogens is 3. The molecule has 0 aliphatic rings. The number of rotatable bonds is 1. The number of nitrogens with zero attached hydrogens (tertiary/aromatic N) is 3. The average molecular weight is 247 g/mol. The van der Waals surface area contributed by atoms with Crippen LogP contribution < -0.4 is 5.56 Å². The summed E-state index contributed by atoms with van der Waals surface area (Å²) in [5.41, 5.74) is -0.00464. The van der Waals surface area contributed by atoms with Crippen molar-refractivity contribution in [3.8, 4) is 10.8 Å². The van der Waals surface area contributed by atoms with E-state index in [0.717, 1.165) is 10.3 Å². The molecule has 0 unspecified atom stereocenters. The smallest absolute Gasteiger partial charge is 0.268 e. The summed E-state index contributed by atoms with van der Waals surface area (Å²) in [6.07, 6.45) is 1.75. The zero-order valence-electron chi connectivity index (χ0n) is 9.30. The molecule has 0 aromatic carbocycles. The highest BCUT2D eigenvalue weighted by Gasteiger charge is 2.12. The number of fused-ring (bicyclic) bond motifs is 1. The first kappa shape index (κ1) is 10.2. The molecule has 0 bridgehead atoms. The highest BCUT2D eigenvalue weighted by atomic mass is 32.1. The van der Waals surface area contributed by atoms with E-state index >= 15 is 0 Å². The molecular formula is C11H9N3O2S. The molecule has 0 atom stereocenters. The third-order valence-corrected chi connectivity index (χ3v) is 3.62. The molecule has 0 radical (unpaired) electrons. The van der Waals surface area contributed by atoms with Crippen LogP contribution in [0.25, 0.3) is 20.9 Å². The van der Waals surface area contributed by atoms with Crippen LogP contribution in [0, 0.1) is 6.92 Å². The second-order valence-electron chi connectivity index (χ2n) is 3.75. The lowest BCUT2D eigenvalue weighted by Crippen LogP contribution is -2.13. The Balaban J connectivity index is 2.27. The predicted molar refractivity (Wildman–Crippen MR) is 65.1 cm³/mol. The maximum atomic E-state index is 11.9. The molecule has 5 nitrogen and oxygen atoms in total. The van der Waals surface area contributed by atoms with Gasteiger partial charge in [-0.05, 0) is 12.1 Å². The van der Waals surface area contributed by atoms with Crippen molar-refractivity contribution >= 4 is 21.4 Å². The lowest BCUT2D eigenvalue weighted by Gasteiger charge is -1.93. The molecule has 17 heavy (non-hydrogen) atoms. The molecule has 0 amide bonds. The minimum Gasteiger partial charge on any atom is -0.420 e. The molecule has 3 aromatic rings. The van der Waals surface area contributed by atoms with E-state index in [2.05, 4.69) is 10.2 Å². The van der Waals surface area contributed by atoms with Gasteiger partial charge in [0.25, 0.3) is 11.4 Å². The maximum Gasteiger partial charge on any atom is 0.268 e. The number of aryl methyl sites for hydroxylation is 2. The normalized spacial score (nSPS) is 11.2. The van der Waals surface area contributed by atoms with Gasteiger partial charge in [-0.1, -0.05) is 0 Å². The topological polar surface area (TPSA) is 60.9 Å². The van der Waals surface area contributed by atoms with Crippen LogP contribution in [0.1, 0.15) is 5.89 Å². The van der Waals surface area contributed by atoms with E-state index in [9.17, 15) is 4.79 Å². The van der Waals surface area contributed by atoms with E-state index < -0.39 is 0 Å². The van der Waals surface area contributed by atoms with Crippen molar-refractivity contribution in [3.05, 3.63) is 34.6 Å². The van der Waals surface area contributed by atoms with Crippen molar-refractivity contribution in [1.29, 1.82) is 0 Å². The molecule has 3 aromatic heterocycles. The average Bonchev–Trinajstić information content (AvgIpc) is 2.90. The molecule has 0 N–H and O–H groups in total. The number of hydrogen-bond donors (Lipinski definition) is 0. The Kier molecular flexibility index (Phi) is 2.12.